The van der Waals surface area contributed by atoms with Gasteiger partial charge in [-0.15, -0.1) is 0 Å². The molecule has 1 saturated heterocycles. The fourth-order valence-electron chi connectivity index (χ4n) is 5.70. The molecule has 1 saturated carbocycles. The van der Waals surface area contributed by atoms with E-state index in [1.165, 1.54) is 6.92 Å². The fourth-order valence-corrected chi connectivity index (χ4v) is 5.70. The minimum atomic E-state index is -0.259. The highest BCUT2D eigenvalue weighted by Gasteiger charge is 2.26. The number of Topliss-reactive ketones (excluding diaryl/α,β-unsaturated/α-hetero) is 1. The quantitative estimate of drug-likeness (QED) is 0.258. The van der Waals surface area contributed by atoms with Gasteiger partial charge in [-0.2, -0.15) is 4.98 Å². The third-order valence-corrected chi connectivity index (χ3v) is 7.77. The lowest BCUT2D eigenvalue weighted by atomic mass is 10.0. The molecule has 38 heavy (non-hydrogen) atoms. The van der Waals surface area contributed by atoms with Crippen LogP contribution in [0.1, 0.15) is 67.4 Å². The van der Waals surface area contributed by atoms with Crippen LogP contribution in [0.3, 0.4) is 0 Å². The molecule has 10 nitrogen and oxygen atoms in total. The van der Waals surface area contributed by atoms with E-state index in [1.807, 2.05) is 18.3 Å². The number of unbranched alkanes of at least 4 members (excludes halogenated alkanes) is 1. The number of carbonyl (C=O) groups is 2. The maximum Gasteiger partial charge on any atom is 0.263 e. The van der Waals surface area contributed by atoms with Crippen LogP contribution in [-0.2, 0) is 4.79 Å². The Hall–Kier alpha value is -3.66. The summed E-state index contributed by atoms with van der Waals surface area (Å²) in [6.45, 7) is 7.98. The van der Waals surface area contributed by atoms with Crippen LogP contribution in [0.5, 0.6) is 0 Å². The number of pyridine rings is 2. The predicted octanol–water partition coefficient (Wildman–Crippen LogP) is 3.66. The van der Waals surface area contributed by atoms with Crippen LogP contribution in [0, 0.1) is 6.92 Å². The molecule has 0 amide bonds. The number of carbonyl (C=O) groups excluding carboxylic acids is 2. The van der Waals surface area contributed by atoms with Crippen molar-refractivity contribution < 1.29 is 9.59 Å². The predicted molar refractivity (Wildman–Crippen MR) is 148 cm³/mol. The van der Waals surface area contributed by atoms with E-state index in [1.54, 1.807) is 17.7 Å². The maximum absolute atomic E-state index is 13.4. The summed E-state index contributed by atoms with van der Waals surface area (Å²) in [4.78, 5) is 54.8. The van der Waals surface area contributed by atoms with Crippen LogP contribution in [0.25, 0.3) is 11.0 Å². The van der Waals surface area contributed by atoms with Crippen LogP contribution < -0.4 is 15.8 Å². The Bertz CT molecular complexity index is 1370. The Morgan fingerprint density at radius 1 is 1.11 bits per heavy atom. The number of anilines is 3. The molecule has 0 unspecified atom stereocenters. The summed E-state index contributed by atoms with van der Waals surface area (Å²) in [7, 11) is 0. The molecule has 4 heterocycles. The maximum atomic E-state index is 13.4. The molecule has 0 bridgehead atoms. The van der Waals surface area contributed by atoms with Gasteiger partial charge in [0.1, 0.15) is 17.8 Å². The van der Waals surface area contributed by atoms with Crippen molar-refractivity contribution in [2.24, 2.45) is 0 Å². The number of nitrogens with zero attached hydrogens (tertiary/aromatic N) is 6. The van der Waals surface area contributed by atoms with Gasteiger partial charge in [0, 0.05) is 50.2 Å². The van der Waals surface area contributed by atoms with Gasteiger partial charge in [-0.05, 0) is 57.4 Å². The molecule has 0 atom stereocenters. The van der Waals surface area contributed by atoms with Crippen molar-refractivity contribution in [1.29, 1.82) is 0 Å². The van der Waals surface area contributed by atoms with Gasteiger partial charge in [-0.3, -0.25) is 19.1 Å². The highest BCUT2D eigenvalue weighted by Crippen LogP contribution is 2.32. The minimum Gasteiger partial charge on any atom is -0.368 e. The zero-order chi connectivity index (χ0) is 26.6. The normalized spacial score (nSPS) is 16.7. The molecule has 0 radical (unpaired) electrons. The second kappa shape index (κ2) is 11.4. The Morgan fingerprint density at radius 2 is 1.87 bits per heavy atom. The summed E-state index contributed by atoms with van der Waals surface area (Å²) in [6, 6.07) is 3.98. The van der Waals surface area contributed by atoms with Crippen LogP contribution in [0.4, 0.5) is 17.5 Å². The van der Waals surface area contributed by atoms with Crippen molar-refractivity contribution in [2.75, 3.05) is 42.9 Å². The molecule has 5 rings (SSSR count). The number of aryl methyl sites for hydroxylation is 1. The van der Waals surface area contributed by atoms with Gasteiger partial charge in [0.2, 0.25) is 5.95 Å². The van der Waals surface area contributed by atoms with Gasteiger partial charge < -0.3 is 15.0 Å². The largest absolute Gasteiger partial charge is 0.368 e. The van der Waals surface area contributed by atoms with Gasteiger partial charge >= 0.3 is 0 Å². The number of rotatable bonds is 9. The first-order valence-electron chi connectivity index (χ1n) is 13.5. The van der Waals surface area contributed by atoms with E-state index in [0.717, 1.165) is 82.2 Å². The summed E-state index contributed by atoms with van der Waals surface area (Å²) in [5.41, 5.74) is 2.22. The van der Waals surface area contributed by atoms with Gasteiger partial charge in [0.15, 0.2) is 5.78 Å². The molecule has 2 aliphatic rings. The van der Waals surface area contributed by atoms with E-state index in [2.05, 4.69) is 25.1 Å². The molecule has 1 N–H and O–H groups in total. The standard InChI is InChI=1S/C28H35N7O3/c1-19-23-18-30-28(32-26(23)35(21-7-3-4-8-21)27(38)25(19)20(2)37)31-24-10-9-22(17-29-24)34-14-12-33(13-15-34)11-5-6-16-36/h9-10,16-18,21H,3-8,11-15H2,1-2H3,(H,29,30,31,32). The van der Waals surface area contributed by atoms with Gasteiger partial charge in [0.05, 0.1) is 17.4 Å². The molecule has 1 aliphatic heterocycles. The SMILES string of the molecule is CC(=O)c1c(C)c2cnc(Nc3ccc(N4CCN(CCCC=O)CC4)cn3)nc2n(C2CCCC2)c1=O. The summed E-state index contributed by atoms with van der Waals surface area (Å²) in [6.07, 6.45) is 9.99. The topological polar surface area (TPSA) is 113 Å². The zero-order valence-electron chi connectivity index (χ0n) is 22.2. The first-order valence-corrected chi connectivity index (χ1v) is 13.5. The summed E-state index contributed by atoms with van der Waals surface area (Å²) in [5.74, 6) is 0.752. The highest BCUT2D eigenvalue weighted by molar-refractivity contribution is 5.99. The van der Waals surface area contributed by atoms with Gasteiger partial charge in [0.25, 0.3) is 5.56 Å². The lowest BCUT2D eigenvalue weighted by molar-refractivity contribution is -0.108. The smallest absolute Gasteiger partial charge is 0.263 e. The third kappa shape index (κ3) is 5.31. The van der Waals surface area contributed by atoms with Crippen molar-refractivity contribution in [3.63, 3.8) is 0 Å². The molecule has 200 valence electrons. The summed E-state index contributed by atoms with van der Waals surface area (Å²) >= 11 is 0. The minimum absolute atomic E-state index is 0.0364. The number of piperazine rings is 1. The van der Waals surface area contributed by atoms with Crippen molar-refractivity contribution in [1.82, 2.24) is 24.4 Å². The van der Waals surface area contributed by atoms with Gasteiger partial charge in [-0.25, -0.2) is 9.97 Å². The molecular formula is C28H35N7O3. The average molecular weight is 518 g/mol. The van der Waals surface area contributed by atoms with Crippen molar-refractivity contribution in [3.8, 4) is 0 Å². The zero-order valence-corrected chi connectivity index (χ0v) is 22.2. The second-order valence-corrected chi connectivity index (χ2v) is 10.3. The van der Waals surface area contributed by atoms with Crippen LogP contribution in [0.2, 0.25) is 0 Å². The van der Waals surface area contributed by atoms with E-state index < -0.39 is 0 Å². The van der Waals surface area contributed by atoms with E-state index in [9.17, 15) is 14.4 Å². The molecule has 3 aromatic rings. The number of aldehydes is 1. The fraction of sp³-hybridized carbons (Fsp3) is 0.500. The number of aromatic nitrogens is 4. The number of ketones is 1. The lowest BCUT2D eigenvalue weighted by Crippen LogP contribution is -2.46. The molecule has 10 heteroatoms. The van der Waals surface area contributed by atoms with Crippen LogP contribution >= 0.6 is 0 Å². The van der Waals surface area contributed by atoms with Gasteiger partial charge in [-0.1, -0.05) is 12.8 Å². The van der Waals surface area contributed by atoms with Crippen molar-refractivity contribution in [3.05, 3.63) is 46.0 Å². The Morgan fingerprint density at radius 3 is 2.53 bits per heavy atom. The monoisotopic (exact) mass is 517 g/mol. The number of hydrogen-bond donors (Lipinski definition) is 1. The van der Waals surface area contributed by atoms with E-state index >= 15 is 0 Å². The van der Waals surface area contributed by atoms with Crippen LogP contribution in [-0.4, -0.2) is 69.2 Å². The third-order valence-electron chi connectivity index (χ3n) is 7.77. The first kappa shape index (κ1) is 26.0. The molecule has 2 fully saturated rings. The summed E-state index contributed by atoms with van der Waals surface area (Å²) in [5, 5.41) is 3.91. The average Bonchev–Trinajstić information content (AvgIpc) is 3.44. The molecule has 0 aromatic carbocycles. The number of fused-ring (bicyclic) bond motifs is 1. The van der Waals surface area contributed by atoms with E-state index in [-0.39, 0.29) is 22.9 Å². The molecular weight excluding hydrogens is 482 g/mol. The second-order valence-electron chi connectivity index (χ2n) is 10.3. The number of hydrogen-bond acceptors (Lipinski definition) is 9. The highest BCUT2D eigenvalue weighted by atomic mass is 16.1. The summed E-state index contributed by atoms with van der Waals surface area (Å²) < 4.78 is 1.72. The van der Waals surface area contributed by atoms with E-state index in [4.69, 9.17) is 4.98 Å². The molecule has 0 spiro atoms. The van der Waals surface area contributed by atoms with Crippen molar-refractivity contribution in [2.45, 2.75) is 58.4 Å². The van der Waals surface area contributed by atoms with Crippen LogP contribution in [0.15, 0.2) is 29.3 Å². The Kier molecular flexibility index (Phi) is 7.78. The van der Waals surface area contributed by atoms with E-state index in [0.29, 0.717) is 29.4 Å². The Balaban J connectivity index is 1.34. The molecule has 1 aliphatic carbocycles. The van der Waals surface area contributed by atoms with Crippen molar-refractivity contribution >= 4 is 40.6 Å². The Labute approximate surface area is 222 Å². The number of nitrogens with one attached hydrogen (secondary N) is 1. The lowest BCUT2D eigenvalue weighted by Gasteiger charge is -2.35. The molecule has 3 aromatic heterocycles. The first-order chi connectivity index (χ1) is 18.5.